The Balaban J connectivity index is 2.21. The highest BCUT2D eigenvalue weighted by molar-refractivity contribution is 7.84. The molecular weight excluding hydrogens is 218 g/mol. The second kappa shape index (κ2) is 8.24. The van der Waals surface area contributed by atoms with Gasteiger partial charge in [-0.15, -0.1) is 0 Å². The maximum Gasteiger partial charge on any atom is 0.0238 e. The van der Waals surface area contributed by atoms with Gasteiger partial charge in [0.2, 0.25) is 0 Å². The van der Waals surface area contributed by atoms with Gasteiger partial charge in [-0.25, -0.2) is 0 Å². The summed E-state index contributed by atoms with van der Waals surface area (Å²) in [6.07, 6.45) is 7.44. The van der Waals surface area contributed by atoms with Gasteiger partial charge in [0.15, 0.2) is 0 Å². The summed E-state index contributed by atoms with van der Waals surface area (Å²) < 4.78 is 11.6. The summed E-state index contributed by atoms with van der Waals surface area (Å²) >= 11 is 0. The minimum absolute atomic E-state index is 0.564. The fourth-order valence-electron chi connectivity index (χ4n) is 2.59. The molecule has 0 radical (unpaired) electrons. The molecular formula is C13H27NOS. The predicted molar refractivity (Wildman–Crippen MR) is 72.2 cm³/mol. The molecule has 3 heteroatoms. The summed E-state index contributed by atoms with van der Waals surface area (Å²) in [6, 6.07) is 0.707. The van der Waals surface area contributed by atoms with Crippen molar-refractivity contribution in [3.63, 3.8) is 0 Å². The lowest BCUT2D eigenvalue weighted by molar-refractivity contribution is 0.393. The van der Waals surface area contributed by atoms with E-state index in [0.29, 0.717) is 6.04 Å². The number of hydrogen-bond acceptors (Lipinski definition) is 2. The highest BCUT2D eigenvalue weighted by Gasteiger charge is 2.26. The van der Waals surface area contributed by atoms with Crippen LogP contribution in [0.3, 0.4) is 0 Å². The summed E-state index contributed by atoms with van der Waals surface area (Å²) in [5.74, 6) is 2.59. The molecule has 0 aliphatic heterocycles. The lowest BCUT2D eigenvalue weighted by Crippen LogP contribution is -2.33. The fraction of sp³-hybridized carbons (Fsp3) is 1.00. The molecule has 0 aromatic carbocycles. The molecule has 0 spiro atoms. The van der Waals surface area contributed by atoms with Crippen LogP contribution >= 0.6 is 0 Å². The molecule has 0 heterocycles. The molecule has 2 nitrogen and oxygen atoms in total. The largest absolute Gasteiger partial charge is 0.314 e. The first-order valence-corrected chi connectivity index (χ1v) is 8.35. The molecule has 1 aliphatic carbocycles. The Bertz CT molecular complexity index is 208. The Kier molecular flexibility index (Phi) is 7.30. The molecule has 1 rings (SSSR count). The van der Waals surface area contributed by atoms with Crippen LogP contribution in [0.25, 0.3) is 0 Å². The number of hydrogen-bond donors (Lipinski definition) is 1. The zero-order valence-corrected chi connectivity index (χ0v) is 11.7. The second-order valence-corrected chi connectivity index (χ2v) is 6.58. The first kappa shape index (κ1) is 14.2. The van der Waals surface area contributed by atoms with Crippen molar-refractivity contribution in [3.05, 3.63) is 0 Å². The molecule has 16 heavy (non-hydrogen) atoms. The van der Waals surface area contributed by atoms with Gasteiger partial charge >= 0.3 is 0 Å². The molecule has 0 bridgehead atoms. The highest BCUT2D eigenvalue weighted by Crippen LogP contribution is 2.28. The minimum atomic E-state index is -0.564. The van der Waals surface area contributed by atoms with Crippen LogP contribution in [0.15, 0.2) is 0 Å². The van der Waals surface area contributed by atoms with E-state index in [0.717, 1.165) is 36.8 Å². The molecule has 0 saturated heterocycles. The van der Waals surface area contributed by atoms with Crippen LogP contribution in [0.4, 0.5) is 0 Å². The van der Waals surface area contributed by atoms with Crippen LogP contribution < -0.4 is 5.32 Å². The van der Waals surface area contributed by atoms with Crippen molar-refractivity contribution in [1.29, 1.82) is 0 Å². The molecule has 3 unspecified atom stereocenters. The highest BCUT2D eigenvalue weighted by atomic mass is 32.2. The van der Waals surface area contributed by atoms with E-state index in [-0.39, 0.29) is 0 Å². The quantitative estimate of drug-likeness (QED) is 0.712. The smallest absolute Gasteiger partial charge is 0.0238 e. The Morgan fingerprint density at radius 3 is 2.69 bits per heavy atom. The van der Waals surface area contributed by atoms with E-state index < -0.39 is 10.8 Å². The Morgan fingerprint density at radius 1 is 1.19 bits per heavy atom. The molecule has 0 aromatic heterocycles. The molecule has 1 fully saturated rings. The summed E-state index contributed by atoms with van der Waals surface area (Å²) in [4.78, 5) is 0. The van der Waals surface area contributed by atoms with E-state index in [9.17, 15) is 4.21 Å². The van der Waals surface area contributed by atoms with Gasteiger partial charge in [-0.1, -0.05) is 20.3 Å². The van der Waals surface area contributed by atoms with E-state index in [2.05, 4.69) is 19.2 Å². The van der Waals surface area contributed by atoms with Crippen molar-refractivity contribution < 1.29 is 4.21 Å². The van der Waals surface area contributed by atoms with E-state index in [1.165, 1.54) is 25.7 Å². The van der Waals surface area contributed by atoms with Crippen LogP contribution in [-0.4, -0.2) is 28.3 Å². The van der Waals surface area contributed by atoms with Crippen molar-refractivity contribution in [1.82, 2.24) is 5.32 Å². The average molecular weight is 245 g/mol. The first-order valence-electron chi connectivity index (χ1n) is 6.86. The predicted octanol–water partition coefficient (Wildman–Crippen LogP) is 2.70. The molecule has 1 N–H and O–H groups in total. The molecule has 0 amide bonds. The summed E-state index contributed by atoms with van der Waals surface area (Å²) in [7, 11) is -0.564. The maximum absolute atomic E-state index is 11.6. The van der Waals surface area contributed by atoms with Gasteiger partial charge in [0.1, 0.15) is 0 Å². The Morgan fingerprint density at radius 2 is 2.00 bits per heavy atom. The SMILES string of the molecule is CCCNC1CCCC1CCS(=O)CCC. The van der Waals surface area contributed by atoms with Gasteiger partial charge in [0.25, 0.3) is 0 Å². The topological polar surface area (TPSA) is 29.1 Å². The molecule has 96 valence electrons. The van der Waals surface area contributed by atoms with Gasteiger partial charge in [0, 0.05) is 28.3 Å². The fourth-order valence-corrected chi connectivity index (χ4v) is 3.82. The van der Waals surface area contributed by atoms with Gasteiger partial charge in [-0.3, -0.25) is 4.21 Å². The third-order valence-corrected chi connectivity index (χ3v) is 5.02. The van der Waals surface area contributed by atoms with Crippen molar-refractivity contribution >= 4 is 10.8 Å². The standard InChI is InChI=1S/C13H27NOS/c1-3-9-14-13-7-5-6-12(13)8-11-16(15)10-4-2/h12-14H,3-11H2,1-2H3. The van der Waals surface area contributed by atoms with Crippen molar-refractivity contribution in [3.8, 4) is 0 Å². The van der Waals surface area contributed by atoms with Crippen molar-refractivity contribution in [2.24, 2.45) is 5.92 Å². The second-order valence-electron chi connectivity index (χ2n) is 4.89. The first-order chi connectivity index (χ1) is 7.77. The van der Waals surface area contributed by atoms with Crippen LogP contribution in [0.1, 0.15) is 52.4 Å². The third kappa shape index (κ3) is 4.96. The number of nitrogens with one attached hydrogen (secondary N) is 1. The average Bonchev–Trinajstić information content (AvgIpc) is 2.71. The van der Waals surface area contributed by atoms with Crippen molar-refractivity contribution in [2.45, 2.75) is 58.4 Å². The van der Waals surface area contributed by atoms with Crippen molar-refractivity contribution in [2.75, 3.05) is 18.1 Å². The Hall–Kier alpha value is 0.110. The Labute approximate surface area is 103 Å². The zero-order chi connectivity index (χ0) is 11.8. The van der Waals surface area contributed by atoms with Crippen LogP contribution in [-0.2, 0) is 10.8 Å². The van der Waals surface area contributed by atoms with E-state index in [1.807, 2.05) is 0 Å². The normalized spacial score (nSPS) is 27.1. The summed E-state index contributed by atoms with van der Waals surface area (Å²) in [6.45, 7) is 5.46. The lowest BCUT2D eigenvalue weighted by Gasteiger charge is -2.20. The van der Waals surface area contributed by atoms with Gasteiger partial charge in [-0.05, 0) is 44.6 Å². The molecule has 3 atom stereocenters. The summed E-state index contributed by atoms with van der Waals surface area (Å²) in [5, 5.41) is 3.64. The van der Waals surface area contributed by atoms with E-state index in [1.54, 1.807) is 0 Å². The molecule has 1 aliphatic rings. The molecule has 0 aromatic rings. The van der Waals surface area contributed by atoms with Gasteiger partial charge < -0.3 is 5.32 Å². The van der Waals surface area contributed by atoms with Crippen LogP contribution in [0.2, 0.25) is 0 Å². The number of rotatable bonds is 8. The van der Waals surface area contributed by atoms with E-state index in [4.69, 9.17) is 0 Å². The monoisotopic (exact) mass is 245 g/mol. The summed E-state index contributed by atoms with van der Waals surface area (Å²) in [5.41, 5.74) is 0. The van der Waals surface area contributed by atoms with Crippen LogP contribution in [0, 0.1) is 5.92 Å². The maximum atomic E-state index is 11.6. The lowest BCUT2D eigenvalue weighted by atomic mass is 10.0. The third-order valence-electron chi connectivity index (χ3n) is 3.46. The zero-order valence-electron chi connectivity index (χ0n) is 10.8. The van der Waals surface area contributed by atoms with E-state index >= 15 is 0 Å². The molecule has 1 saturated carbocycles. The van der Waals surface area contributed by atoms with Gasteiger partial charge in [0.05, 0.1) is 0 Å². The van der Waals surface area contributed by atoms with Gasteiger partial charge in [-0.2, -0.15) is 0 Å². The minimum Gasteiger partial charge on any atom is -0.314 e. The van der Waals surface area contributed by atoms with Crippen LogP contribution in [0.5, 0.6) is 0 Å².